The Hall–Kier alpha value is -3.15. The second kappa shape index (κ2) is 6.95. The van der Waals surface area contributed by atoms with E-state index >= 15 is 0 Å². The van der Waals surface area contributed by atoms with Crippen LogP contribution in [-0.4, -0.2) is 17.1 Å². The monoisotopic (exact) mass is 325 g/mol. The molecule has 0 amide bonds. The van der Waals surface area contributed by atoms with E-state index in [0.29, 0.717) is 11.3 Å². The van der Waals surface area contributed by atoms with E-state index < -0.39 is 0 Å². The summed E-state index contributed by atoms with van der Waals surface area (Å²) in [6, 6.07) is 15.1. The van der Waals surface area contributed by atoms with Crippen LogP contribution < -0.4 is 15.6 Å². The van der Waals surface area contributed by atoms with Crippen molar-refractivity contribution in [3.63, 3.8) is 0 Å². The van der Waals surface area contributed by atoms with Crippen LogP contribution in [0.15, 0.2) is 59.4 Å². The zero-order valence-corrected chi connectivity index (χ0v) is 13.0. The van der Waals surface area contributed by atoms with E-state index in [1.807, 2.05) is 12.1 Å². The van der Waals surface area contributed by atoms with E-state index in [2.05, 4.69) is 15.3 Å². The third-order valence-electron chi connectivity index (χ3n) is 3.53. The molecule has 1 aromatic heterocycles. The molecule has 3 rings (SSSR count). The fourth-order valence-corrected chi connectivity index (χ4v) is 2.27. The molecule has 2 N–H and O–H groups in total. The molecule has 0 bridgehead atoms. The maximum Gasteiger partial charge on any atom is 0.252 e. The predicted octanol–water partition coefficient (Wildman–Crippen LogP) is 3.20. The van der Waals surface area contributed by atoms with E-state index in [1.54, 1.807) is 37.4 Å². The maximum absolute atomic E-state index is 13.6. The molecule has 0 fully saturated rings. The number of anilines is 1. The smallest absolute Gasteiger partial charge is 0.252 e. The zero-order valence-electron chi connectivity index (χ0n) is 13.0. The lowest BCUT2D eigenvalue weighted by atomic mass is 10.1. The minimum absolute atomic E-state index is 0.224. The molecule has 6 heteroatoms. The fraction of sp³-hybridized carbons (Fsp3) is 0.111. The summed E-state index contributed by atoms with van der Waals surface area (Å²) in [6.45, 7) is 0.224. The summed E-state index contributed by atoms with van der Waals surface area (Å²) in [5.41, 5.74) is 1.52. The van der Waals surface area contributed by atoms with Gasteiger partial charge >= 0.3 is 0 Å². The van der Waals surface area contributed by atoms with Gasteiger partial charge in [-0.1, -0.05) is 18.2 Å². The summed E-state index contributed by atoms with van der Waals surface area (Å²) in [7, 11) is 1.59. The molecule has 0 unspecified atom stereocenters. The number of hydrogen-bond donors (Lipinski definition) is 2. The number of rotatable bonds is 5. The minimum Gasteiger partial charge on any atom is -0.497 e. The van der Waals surface area contributed by atoms with Gasteiger partial charge in [-0.15, -0.1) is 0 Å². The van der Waals surface area contributed by atoms with Crippen molar-refractivity contribution in [1.29, 1.82) is 0 Å². The SMILES string of the molecule is COc1ccc(-c2cc(=O)[nH]c(NCc3ccccc3F)n2)cc1. The first kappa shape index (κ1) is 15.7. The fourth-order valence-electron chi connectivity index (χ4n) is 2.27. The van der Waals surface area contributed by atoms with Crippen molar-refractivity contribution < 1.29 is 9.13 Å². The third kappa shape index (κ3) is 3.60. The zero-order chi connectivity index (χ0) is 16.9. The number of H-pyrrole nitrogens is 1. The lowest BCUT2D eigenvalue weighted by Gasteiger charge is -2.08. The Morgan fingerprint density at radius 2 is 1.92 bits per heavy atom. The van der Waals surface area contributed by atoms with Crippen LogP contribution in [-0.2, 0) is 6.54 Å². The molecule has 1 heterocycles. The molecule has 0 saturated heterocycles. The van der Waals surface area contributed by atoms with Gasteiger partial charge in [0.2, 0.25) is 5.95 Å². The molecule has 0 aliphatic carbocycles. The number of hydrogen-bond acceptors (Lipinski definition) is 4. The van der Waals surface area contributed by atoms with Crippen LogP contribution in [0, 0.1) is 5.82 Å². The molecule has 0 atom stereocenters. The molecular formula is C18H16FN3O2. The summed E-state index contributed by atoms with van der Waals surface area (Å²) in [5.74, 6) is 0.705. The van der Waals surface area contributed by atoms with Crippen molar-refractivity contribution in [1.82, 2.24) is 9.97 Å². The van der Waals surface area contributed by atoms with Crippen LogP contribution in [0.4, 0.5) is 10.3 Å². The van der Waals surface area contributed by atoms with Gasteiger partial charge in [-0.05, 0) is 30.3 Å². The molecule has 0 saturated carbocycles. The Morgan fingerprint density at radius 1 is 1.17 bits per heavy atom. The van der Waals surface area contributed by atoms with Gasteiger partial charge in [0.25, 0.3) is 5.56 Å². The second-order valence-electron chi connectivity index (χ2n) is 5.15. The summed E-state index contributed by atoms with van der Waals surface area (Å²) >= 11 is 0. The maximum atomic E-state index is 13.6. The molecule has 0 aliphatic heterocycles. The van der Waals surface area contributed by atoms with Crippen molar-refractivity contribution in [2.24, 2.45) is 0 Å². The molecule has 24 heavy (non-hydrogen) atoms. The molecule has 0 spiro atoms. The predicted molar refractivity (Wildman–Crippen MR) is 90.6 cm³/mol. The van der Waals surface area contributed by atoms with Crippen LogP contribution in [0.3, 0.4) is 0 Å². The van der Waals surface area contributed by atoms with E-state index in [9.17, 15) is 9.18 Å². The van der Waals surface area contributed by atoms with Gasteiger partial charge in [0, 0.05) is 23.7 Å². The highest BCUT2D eigenvalue weighted by molar-refractivity contribution is 5.60. The number of ether oxygens (including phenoxy) is 1. The number of aromatic nitrogens is 2. The first-order valence-corrected chi connectivity index (χ1v) is 7.39. The summed E-state index contributed by atoms with van der Waals surface area (Å²) in [5, 5.41) is 2.94. The van der Waals surface area contributed by atoms with Crippen LogP contribution in [0.5, 0.6) is 5.75 Å². The van der Waals surface area contributed by atoms with Gasteiger partial charge in [0.05, 0.1) is 12.8 Å². The summed E-state index contributed by atoms with van der Waals surface area (Å²) < 4.78 is 18.8. The summed E-state index contributed by atoms with van der Waals surface area (Å²) in [4.78, 5) is 18.8. The molecule has 3 aromatic rings. The van der Waals surface area contributed by atoms with Gasteiger partial charge in [-0.25, -0.2) is 9.37 Å². The Morgan fingerprint density at radius 3 is 2.62 bits per heavy atom. The highest BCUT2D eigenvalue weighted by Gasteiger charge is 2.06. The highest BCUT2D eigenvalue weighted by atomic mass is 19.1. The van der Waals surface area contributed by atoms with Crippen LogP contribution in [0.25, 0.3) is 11.3 Å². The lowest BCUT2D eigenvalue weighted by molar-refractivity contribution is 0.415. The number of halogens is 1. The van der Waals surface area contributed by atoms with Crippen LogP contribution in [0.1, 0.15) is 5.56 Å². The lowest BCUT2D eigenvalue weighted by Crippen LogP contribution is -2.13. The molecule has 2 aromatic carbocycles. The van der Waals surface area contributed by atoms with Gasteiger partial charge < -0.3 is 10.1 Å². The Bertz CT molecular complexity index is 891. The molecule has 5 nitrogen and oxygen atoms in total. The number of methoxy groups -OCH3 is 1. The van der Waals surface area contributed by atoms with Crippen LogP contribution in [0.2, 0.25) is 0 Å². The Kier molecular flexibility index (Phi) is 4.56. The third-order valence-corrected chi connectivity index (χ3v) is 3.53. The van der Waals surface area contributed by atoms with E-state index in [0.717, 1.165) is 11.3 Å². The average molecular weight is 325 g/mol. The number of nitrogens with one attached hydrogen (secondary N) is 2. The Balaban J connectivity index is 1.83. The van der Waals surface area contributed by atoms with Gasteiger partial charge in [0.1, 0.15) is 11.6 Å². The average Bonchev–Trinajstić information content (AvgIpc) is 2.61. The highest BCUT2D eigenvalue weighted by Crippen LogP contribution is 2.20. The first-order chi connectivity index (χ1) is 11.7. The normalized spacial score (nSPS) is 10.4. The van der Waals surface area contributed by atoms with E-state index in [-0.39, 0.29) is 23.9 Å². The standard InChI is InChI=1S/C18H16FN3O2/c1-24-14-8-6-12(7-9-14)16-10-17(23)22-18(21-16)20-11-13-4-2-3-5-15(13)19/h2-10H,11H2,1H3,(H2,20,21,22,23). The molecule has 0 aliphatic rings. The van der Waals surface area contributed by atoms with Crippen molar-refractivity contribution in [2.75, 3.05) is 12.4 Å². The van der Waals surface area contributed by atoms with E-state index in [4.69, 9.17) is 4.74 Å². The van der Waals surface area contributed by atoms with Crippen molar-refractivity contribution in [2.45, 2.75) is 6.54 Å². The molecular weight excluding hydrogens is 309 g/mol. The van der Waals surface area contributed by atoms with Gasteiger partial charge in [-0.3, -0.25) is 9.78 Å². The molecule has 0 radical (unpaired) electrons. The number of nitrogens with zero attached hydrogens (tertiary/aromatic N) is 1. The second-order valence-corrected chi connectivity index (χ2v) is 5.15. The minimum atomic E-state index is -0.307. The first-order valence-electron chi connectivity index (χ1n) is 7.39. The van der Waals surface area contributed by atoms with Gasteiger partial charge in [-0.2, -0.15) is 0 Å². The van der Waals surface area contributed by atoms with Crippen molar-refractivity contribution in [3.05, 3.63) is 76.3 Å². The number of aromatic amines is 1. The largest absolute Gasteiger partial charge is 0.497 e. The molecule has 122 valence electrons. The van der Waals surface area contributed by atoms with E-state index in [1.165, 1.54) is 12.1 Å². The van der Waals surface area contributed by atoms with Crippen molar-refractivity contribution in [3.8, 4) is 17.0 Å². The quantitative estimate of drug-likeness (QED) is 0.756. The van der Waals surface area contributed by atoms with Gasteiger partial charge in [0.15, 0.2) is 0 Å². The van der Waals surface area contributed by atoms with Crippen LogP contribution >= 0.6 is 0 Å². The summed E-state index contributed by atoms with van der Waals surface area (Å²) in [6.07, 6.45) is 0. The van der Waals surface area contributed by atoms with Crippen molar-refractivity contribution >= 4 is 5.95 Å². The number of benzene rings is 2. The topological polar surface area (TPSA) is 67.0 Å². The Labute approximate surface area is 138 Å².